The topological polar surface area (TPSA) is 17.0 Å². The highest BCUT2D eigenvalue weighted by Gasteiger charge is 2.29. The molecule has 2 aromatic heterocycles. The summed E-state index contributed by atoms with van der Waals surface area (Å²) in [4.78, 5) is 0. The van der Waals surface area contributed by atoms with Crippen LogP contribution in [0.4, 0.5) is 0 Å². The predicted octanol–water partition coefficient (Wildman–Crippen LogP) is 9.93. The highest BCUT2D eigenvalue weighted by molar-refractivity contribution is 6.89. The van der Waals surface area contributed by atoms with Crippen molar-refractivity contribution < 1.29 is 8.98 Å². The summed E-state index contributed by atoms with van der Waals surface area (Å²) in [5.41, 5.74) is 12.8. The van der Waals surface area contributed by atoms with E-state index in [1.807, 2.05) is 0 Å². The Morgan fingerprint density at radius 3 is 1.79 bits per heavy atom. The number of pyridine rings is 1. The maximum absolute atomic E-state index is 6.74. The highest BCUT2D eigenvalue weighted by Crippen LogP contribution is 2.39. The molecule has 3 heteroatoms. The van der Waals surface area contributed by atoms with E-state index < -0.39 is 8.07 Å². The first-order valence-electron chi connectivity index (χ1n) is 15.0. The molecule has 0 atom stereocenters. The van der Waals surface area contributed by atoms with Crippen LogP contribution in [0, 0.1) is 6.92 Å². The van der Waals surface area contributed by atoms with Gasteiger partial charge in [-0.15, -0.1) is 0 Å². The van der Waals surface area contributed by atoms with Gasteiger partial charge in [-0.3, -0.25) is 0 Å². The van der Waals surface area contributed by atoms with E-state index in [-0.39, 0.29) is 0 Å². The van der Waals surface area contributed by atoms with E-state index in [1.165, 1.54) is 38.6 Å². The molecule has 43 heavy (non-hydrogen) atoms. The lowest BCUT2D eigenvalue weighted by Gasteiger charge is -2.21. The van der Waals surface area contributed by atoms with Gasteiger partial charge in [-0.2, -0.15) is 0 Å². The van der Waals surface area contributed by atoms with E-state index in [4.69, 9.17) is 4.42 Å². The van der Waals surface area contributed by atoms with Crippen LogP contribution >= 0.6 is 0 Å². The summed E-state index contributed by atoms with van der Waals surface area (Å²) in [6, 6.07) is 43.6. The van der Waals surface area contributed by atoms with Gasteiger partial charge in [0.1, 0.15) is 18.2 Å². The molecule has 7 rings (SSSR count). The average molecular weight is 575 g/mol. The largest absolute Gasteiger partial charge is 0.455 e. The third kappa shape index (κ3) is 4.90. The highest BCUT2D eigenvalue weighted by atomic mass is 28.3. The van der Waals surface area contributed by atoms with E-state index in [2.05, 4.69) is 166 Å². The number of aromatic nitrogens is 1. The van der Waals surface area contributed by atoms with Gasteiger partial charge in [0.05, 0.1) is 13.6 Å². The molecule has 0 amide bonds. The normalized spacial score (nSPS) is 11.8. The molecule has 0 spiro atoms. The maximum atomic E-state index is 6.74. The van der Waals surface area contributed by atoms with E-state index in [9.17, 15) is 0 Å². The molecule has 0 N–H and O–H groups in total. The molecule has 0 unspecified atom stereocenters. The van der Waals surface area contributed by atoms with Crippen LogP contribution in [0.2, 0.25) is 19.6 Å². The first-order valence-corrected chi connectivity index (χ1v) is 18.5. The van der Waals surface area contributed by atoms with Crippen molar-refractivity contribution >= 4 is 35.2 Å². The quantitative estimate of drug-likeness (QED) is 0.148. The van der Waals surface area contributed by atoms with Gasteiger partial charge in [0.25, 0.3) is 0 Å². The molecular weight excluding hydrogens is 539 g/mol. The minimum Gasteiger partial charge on any atom is -0.455 e. The van der Waals surface area contributed by atoms with Crippen molar-refractivity contribution in [1.29, 1.82) is 0 Å². The Morgan fingerprint density at radius 2 is 1.14 bits per heavy atom. The van der Waals surface area contributed by atoms with Crippen LogP contribution in [0.3, 0.4) is 0 Å². The van der Waals surface area contributed by atoms with Crippen LogP contribution in [0.5, 0.6) is 0 Å². The summed E-state index contributed by atoms with van der Waals surface area (Å²) in [7, 11) is 0.506. The lowest BCUT2D eigenvalue weighted by atomic mass is 9.96. The van der Waals surface area contributed by atoms with E-state index in [1.54, 1.807) is 0 Å². The Hall–Kier alpha value is -4.73. The molecule has 0 bridgehead atoms. The molecule has 0 saturated carbocycles. The zero-order valence-electron chi connectivity index (χ0n) is 25.5. The fraction of sp³-hybridized carbons (Fsp3) is 0.125. The molecule has 7 aromatic rings. The zero-order valence-corrected chi connectivity index (χ0v) is 26.5. The lowest BCUT2D eigenvalue weighted by molar-refractivity contribution is -0.659. The zero-order chi connectivity index (χ0) is 29.7. The van der Waals surface area contributed by atoms with Crippen molar-refractivity contribution in [1.82, 2.24) is 0 Å². The monoisotopic (exact) mass is 574 g/mol. The SMILES string of the molecule is Cc1ccc2c(oc3cc(-c4ccccc4)ccc32)c1-c1cc(-c2ccc(-c3ccccc3)cc2)c([Si](C)(C)C)c[n+]1C. The average Bonchev–Trinajstić information content (AvgIpc) is 3.39. The molecule has 0 radical (unpaired) electrons. The third-order valence-corrected chi connectivity index (χ3v) is 10.6. The fourth-order valence-corrected chi connectivity index (χ4v) is 7.88. The Kier molecular flexibility index (Phi) is 6.63. The summed E-state index contributed by atoms with van der Waals surface area (Å²) in [5.74, 6) is 0. The Labute approximate surface area is 254 Å². The Balaban J connectivity index is 1.41. The van der Waals surface area contributed by atoms with Crippen molar-refractivity contribution in [3.63, 3.8) is 0 Å². The summed E-state index contributed by atoms with van der Waals surface area (Å²) in [6.07, 6.45) is 2.37. The molecule has 0 aliphatic carbocycles. The van der Waals surface area contributed by atoms with Gasteiger partial charge in [0.2, 0.25) is 5.69 Å². The van der Waals surface area contributed by atoms with Gasteiger partial charge in [-0.05, 0) is 58.0 Å². The molecular formula is C40H36NOSi+. The molecule has 0 aliphatic heterocycles. The number of rotatable bonds is 5. The lowest BCUT2D eigenvalue weighted by Crippen LogP contribution is -2.46. The van der Waals surface area contributed by atoms with Crippen molar-refractivity contribution in [2.75, 3.05) is 0 Å². The number of hydrogen-bond acceptors (Lipinski definition) is 1. The second kappa shape index (κ2) is 10.5. The van der Waals surface area contributed by atoms with E-state index >= 15 is 0 Å². The molecule has 0 saturated heterocycles. The number of benzene rings is 5. The second-order valence-electron chi connectivity index (χ2n) is 12.6. The number of fused-ring (bicyclic) bond motifs is 3. The van der Waals surface area contributed by atoms with Crippen molar-refractivity contribution in [3.05, 3.63) is 133 Å². The molecule has 2 nitrogen and oxygen atoms in total. The van der Waals surface area contributed by atoms with Gasteiger partial charge in [0.15, 0.2) is 6.20 Å². The van der Waals surface area contributed by atoms with Gasteiger partial charge in [-0.25, -0.2) is 4.57 Å². The van der Waals surface area contributed by atoms with Crippen LogP contribution in [0.25, 0.3) is 66.6 Å². The van der Waals surface area contributed by atoms with Crippen molar-refractivity contribution in [3.8, 4) is 44.6 Å². The smallest absolute Gasteiger partial charge is 0.216 e. The van der Waals surface area contributed by atoms with E-state index in [0.29, 0.717) is 0 Å². The van der Waals surface area contributed by atoms with Gasteiger partial charge in [0, 0.05) is 22.0 Å². The molecule has 0 aliphatic rings. The van der Waals surface area contributed by atoms with Crippen LogP contribution < -0.4 is 9.75 Å². The molecule has 210 valence electrons. The molecule has 0 fully saturated rings. The summed E-state index contributed by atoms with van der Waals surface area (Å²) >= 11 is 0. The van der Waals surface area contributed by atoms with E-state index in [0.717, 1.165) is 38.8 Å². The van der Waals surface area contributed by atoms with Crippen molar-refractivity contribution in [2.24, 2.45) is 7.05 Å². The van der Waals surface area contributed by atoms with Crippen LogP contribution in [-0.2, 0) is 7.05 Å². The van der Waals surface area contributed by atoms with Crippen LogP contribution in [0.1, 0.15) is 5.56 Å². The van der Waals surface area contributed by atoms with Gasteiger partial charge < -0.3 is 4.42 Å². The minimum absolute atomic E-state index is 0.918. The summed E-state index contributed by atoms with van der Waals surface area (Å²) < 4.78 is 9.04. The molecule has 5 aromatic carbocycles. The summed E-state index contributed by atoms with van der Waals surface area (Å²) in [5, 5.41) is 3.75. The Bertz CT molecular complexity index is 2100. The van der Waals surface area contributed by atoms with Crippen LogP contribution in [-0.4, -0.2) is 8.07 Å². The third-order valence-electron chi connectivity index (χ3n) is 8.60. The maximum Gasteiger partial charge on any atom is 0.216 e. The van der Waals surface area contributed by atoms with Gasteiger partial charge in [-0.1, -0.05) is 123 Å². The number of nitrogens with zero attached hydrogens (tertiary/aromatic N) is 1. The second-order valence-corrected chi connectivity index (χ2v) is 17.6. The standard InChI is InChI=1S/C40H36NOSi/c1-27-16-22-34-33-23-21-32(29-14-10-7-11-15-29)24-37(33)42-40(34)39(27)36-25-35(38(26-41(36)2)43(3,4)5)31-19-17-30(18-20-31)28-12-8-6-9-13-28/h6-26H,1-5H3/q+1. The predicted molar refractivity (Wildman–Crippen MR) is 184 cm³/mol. The fourth-order valence-electron chi connectivity index (χ4n) is 6.27. The number of hydrogen-bond donors (Lipinski definition) is 0. The summed E-state index contributed by atoms with van der Waals surface area (Å²) in [6.45, 7) is 9.48. The van der Waals surface area contributed by atoms with Crippen LogP contribution in [0.15, 0.2) is 132 Å². The Morgan fingerprint density at radius 1 is 0.581 bits per heavy atom. The first-order chi connectivity index (χ1) is 20.8. The number of furan rings is 1. The molecule has 2 heterocycles. The minimum atomic E-state index is -1.67. The first kappa shape index (κ1) is 27.1. The van der Waals surface area contributed by atoms with Gasteiger partial charge >= 0.3 is 0 Å². The van der Waals surface area contributed by atoms with Crippen molar-refractivity contribution in [2.45, 2.75) is 26.6 Å². The number of aryl methyl sites for hydroxylation is 2.